The van der Waals surface area contributed by atoms with Gasteiger partial charge in [-0.05, 0) is 92.3 Å². The number of phenols is 1. The molecule has 2 amide bonds. The molecule has 196 valence electrons. The minimum Gasteiger partial charge on any atom is -0.507 e. The van der Waals surface area contributed by atoms with E-state index in [9.17, 15) is 14.7 Å². The number of nitrogens with zero attached hydrogens (tertiary/aromatic N) is 1. The summed E-state index contributed by atoms with van der Waals surface area (Å²) in [6.45, 7) is 9.09. The topological polar surface area (TPSA) is 66.8 Å². The number of fused-ring (bicyclic) bond motifs is 3. The van der Waals surface area contributed by atoms with Crippen molar-refractivity contribution < 1.29 is 19.4 Å². The van der Waals surface area contributed by atoms with E-state index >= 15 is 0 Å². The number of likely N-dealkylation sites (tertiary alicyclic amines) is 1. The third kappa shape index (κ3) is 4.94. The summed E-state index contributed by atoms with van der Waals surface area (Å²) >= 11 is 1.59. The fourth-order valence-electron chi connectivity index (χ4n) is 6.58. The number of amides is 2. The fourth-order valence-corrected chi connectivity index (χ4v) is 7.27. The van der Waals surface area contributed by atoms with Gasteiger partial charge in [-0.1, -0.05) is 36.6 Å². The number of carbonyl (C=O) groups excluding carboxylic acids is 2. The molecule has 0 bridgehead atoms. The van der Waals surface area contributed by atoms with Crippen molar-refractivity contribution >= 4 is 29.2 Å². The third-order valence-electron chi connectivity index (χ3n) is 8.27. The van der Waals surface area contributed by atoms with Gasteiger partial charge in [0.25, 0.3) is 0 Å². The van der Waals surface area contributed by atoms with Crippen molar-refractivity contribution in [1.82, 2.24) is 4.90 Å². The van der Waals surface area contributed by atoms with Gasteiger partial charge in [0.15, 0.2) is 0 Å². The van der Waals surface area contributed by atoms with Gasteiger partial charge in [-0.15, -0.1) is 11.3 Å². The Hall–Kier alpha value is -2.70. The van der Waals surface area contributed by atoms with Crippen molar-refractivity contribution in [3.8, 4) is 5.75 Å². The molecule has 1 aromatic heterocycles. The second-order valence-electron chi connectivity index (χ2n) is 10.9. The fraction of sp³-hybridized carbons (Fsp3) is 0.484. The van der Waals surface area contributed by atoms with Crippen LogP contribution in [0.15, 0.2) is 46.4 Å². The molecule has 0 spiro atoms. The Labute approximate surface area is 223 Å². The lowest BCUT2D eigenvalue weighted by Crippen LogP contribution is -2.34. The van der Waals surface area contributed by atoms with E-state index in [1.807, 2.05) is 43.5 Å². The maximum atomic E-state index is 13.5. The maximum Gasteiger partial charge on any atom is 0.234 e. The molecule has 1 aliphatic carbocycles. The number of thiophene rings is 1. The minimum atomic E-state index is -0.285. The first-order valence-corrected chi connectivity index (χ1v) is 14.3. The second-order valence-corrected chi connectivity index (χ2v) is 12.0. The maximum absolute atomic E-state index is 13.5. The summed E-state index contributed by atoms with van der Waals surface area (Å²) in [5.74, 6) is -0.167. The van der Waals surface area contributed by atoms with E-state index in [0.717, 1.165) is 47.3 Å². The second kappa shape index (κ2) is 10.6. The molecule has 1 N–H and O–H groups in total. The van der Waals surface area contributed by atoms with E-state index < -0.39 is 0 Å². The number of allylic oxidation sites excluding steroid dienone is 2. The summed E-state index contributed by atoms with van der Waals surface area (Å²) in [6.07, 6.45) is 6.63. The molecule has 3 heterocycles. The number of hydrogen-bond acceptors (Lipinski definition) is 5. The lowest BCUT2D eigenvalue weighted by molar-refractivity contribution is -0.140. The molecule has 6 heteroatoms. The van der Waals surface area contributed by atoms with Gasteiger partial charge in [0.1, 0.15) is 5.75 Å². The van der Waals surface area contributed by atoms with Gasteiger partial charge < -0.3 is 9.84 Å². The van der Waals surface area contributed by atoms with E-state index in [1.165, 1.54) is 21.6 Å². The van der Waals surface area contributed by atoms with Gasteiger partial charge in [0, 0.05) is 10.8 Å². The van der Waals surface area contributed by atoms with E-state index in [2.05, 4.69) is 19.9 Å². The largest absolute Gasteiger partial charge is 0.507 e. The van der Waals surface area contributed by atoms with Gasteiger partial charge in [-0.2, -0.15) is 0 Å². The van der Waals surface area contributed by atoms with E-state index in [4.69, 9.17) is 4.74 Å². The Kier molecular flexibility index (Phi) is 7.42. The first-order chi connectivity index (χ1) is 17.8. The number of ether oxygens (including phenoxy) is 1. The summed E-state index contributed by atoms with van der Waals surface area (Å²) in [4.78, 5) is 29.5. The number of carbonyl (C=O) groups is 2. The van der Waals surface area contributed by atoms with Gasteiger partial charge in [-0.3, -0.25) is 14.5 Å². The Morgan fingerprint density at radius 2 is 1.95 bits per heavy atom. The average molecular weight is 520 g/mol. The molecular weight excluding hydrogens is 482 g/mol. The van der Waals surface area contributed by atoms with Crippen LogP contribution in [0, 0.1) is 31.6 Å². The predicted octanol–water partition coefficient (Wildman–Crippen LogP) is 6.57. The molecule has 2 aliphatic heterocycles. The van der Waals surface area contributed by atoms with Crippen LogP contribution in [0.25, 0.3) is 6.08 Å². The van der Waals surface area contributed by atoms with Gasteiger partial charge in [0.05, 0.1) is 31.1 Å². The molecule has 2 fully saturated rings. The van der Waals surface area contributed by atoms with Gasteiger partial charge in [0.2, 0.25) is 11.8 Å². The molecule has 5 rings (SSSR count). The highest BCUT2D eigenvalue weighted by atomic mass is 32.1. The quantitative estimate of drug-likeness (QED) is 0.316. The lowest BCUT2D eigenvalue weighted by atomic mass is 9.68. The van der Waals surface area contributed by atoms with Crippen molar-refractivity contribution in [1.29, 1.82) is 0 Å². The predicted molar refractivity (Wildman–Crippen MR) is 147 cm³/mol. The van der Waals surface area contributed by atoms with Crippen LogP contribution in [0.1, 0.15) is 67.5 Å². The smallest absolute Gasteiger partial charge is 0.234 e. The van der Waals surface area contributed by atoms with Gasteiger partial charge in [-0.25, -0.2) is 0 Å². The molecule has 0 radical (unpaired) electrons. The van der Waals surface area contributed by atoms with Crippen LogP contribution in [0.4, 0.5) is 0 Å². The van der Waals surface area contributed by atoms with Crippen LogP contribution < -0.4 is 0 Å². The molecule has 0 saturated carbocycles. The molecular formula is C31H37NO4S. The summed E-state index contributed by atoms with van der Waals surface area (Å²) in [6, 6.07) is 7.99. The Morgan fingerprint density at radius 1 is 1.19 bits per heavy atom. The highest BCUT2D eigenvalue weighted by Crippen LogP contribution is 2.51. The standard InChI is InChI=1S/C31H37NO4S/c1-5-7-22-15-24-28(31(35)32(30(24)34)16-23-8-6-11-37-23)25-17-36-26(27(22)25)10-9-18(2)12-21-13-19(3)29(33)20(4)14-21/h6,8,11-14,24-26,28,33H,5,7,9-10,15-17H2,1-4H3/b18-12+/t24-,25+,26-,28-/m1/s1. The number of imide groups is 1. The lowest BCUT2D eigenvalue weighted by Gasteiger charge is -2.32. The number of phenolic OH excluding ortho intramolecular Hbond substituents is 1. The van der Waals surface area contributed by atoms with Crippen LogP contribution in [0.5, 0.6) is 5.75 Å². The van der Waals surface area contributed by atoms with Crippen LogP contribution in [-0.4, -0.2) is 34.5 Å². The molecule has 4 atom stereocenters. The summed E-state index contributed by atoms with van der Waals surface area (Å²) < 4.78 is 6.37. The van der Waals surface area contributed by atoms with E-state index in [1.54, 1.807) is 11.3 Å². The zero-order chi connectivity index (χ0) is 26.3. The number of aromatic hydroxyl groups is 1. The average Bonchev–Trinajstić information content (AvgIpc) is 3.58. The first-order valence-electron chi connectivity index (χ1n) is 13.5. The SMILES string of the molecule is CCCC1=C2[C@@H](CC/C(C)=C/c3cc(C)c(O)c(C)c3)OC[C@@H]2[C@@H]2C(=O)N(Cc3cccs3)C(=O)[C@@H]2C1. The van der Waals surface area contributed by atoms with Crippen molar-refractivity contribution in [2.45, 2.75) is 72.4 Å². The van der Waals surface area contributed by atoms with Crippen molar-refractivity contribution in [2.24, 2.45) is 17.8 Å². The minimum absolute atomic E-state index is 0.00207. The zero-order valence-corrected chi connectivity index (χ0v) is 23.1. The van der Waals surface area contributed by atoms with Crippen LogP contribution >= 0.6 is 11.3 Å². The van der Waals surface area contributed by atoms with Crippen LogP contribution in [-0.2, 0) is 20.9 Å². The Morgan fingerprint density at radius 3 is 2.62 bits per heavy atom. The molecule has 2 aromatic rings. The van der Waals surface area contributed by atoms with E-state index in [0.29, 0.717) is 25.3 Å². The summed E-state index contributed by atoms with van der Waals surface area (Å²) in [5.41, 5.74) is 6.79. The van der Waals surface area contributed by atoms with Crippen molar-refractivity contribution in [3.05, 3.63) is 67.9 Å². The molecule has 3 aliphatic rings. The summed E-state index contributed by atoms with van der Waals surface area (Å²) in [5, 5.41) is 12.1. The molecule has 2 saturated heterocycles. The number of rotatable bonds is 8. The van der Waals surface area contributed by atoms with Crippen molar-refractivity contribution in [3.63, 3.8) is 0 Å². The zero-order valence-electron chi connectivity index (χ0n) is 22.3. The van der Waals surface area contributed by atoms with E-state index in [-0.39, 0.29) is 35.7 Å². The first kappa shape index (κ1) is 25.9. The molecule has 37 heavy (non-hydrogen) atoms. The Balaban J connectivity index is 1.33. The normalized spacial score (nSPS) is 25.7. The number of hydrogen-bond donors (Lipinski definition) is 1. The van der Waals surface area contributed by atoms with Crippen molar-refractivity contribution in [2.75, 3.05) is 6.61 Å². The highest BCUT2D eigenvalue weighted by Gasteiger charge is 2.56. The monoisotopic (exact) mass is 519 g/mol. The summed E-state index contributed by atoms with van der Waals surface area (Å²) in [7, 11) is 0. The van der Waals surface area contributed by atoms with Gasteiger partial charge >= 0.3 is 0 Å². The Bertz CT molecular complexity index is 1230. The van der Waals surface area contributed by atoms with Crippen LogP contribution in [0.2, 0.25) is 0 Å². The molecule has 5 nitrogen and oxygen atoms in total. The number of benzene rings is 1. The molecule has 1 aromatic carbocycles. The van der Waals surface area contributed by atoms with Crippen LogP contribution in [0.3, 0.4) is 0 Å². The molecule has 0 unspecified atom stereocenters. The third-order valence-corrected chi connectivity index (χ3v) is 9.13. The number of aryl methyl sites for hydroxylation is 2. The highest BCUT2D eigenvalue weighted by molar-refractivity contribution is 7.09.